The summed E-state index contributed by atoms with van der Waals surface area (Å²) >= 11 is 0. The molecule has 1 aliphatic heterocycles. The van der Waals surface area contributed by atoms with Gasteiger partial charge in [0.25, 0.3) is 0 Å². The summed E-state index contributed by atoms with van der Waals surface area (Å²) in [6, 6.07) is 8.38. The van der Waals surface area contributed by atoms with Crippen molar-refractivity contribution in [2.24, 2.45) is 23.2 Å². The average molecular weight is 592 g/mol. The molecule has 0 radical (unpaired) electrons. The Kier molecular flexibility index (Phi) is 7.79. The molecule has 2 heterocycles. The van der Waals surface area contributed by atoms with Gasteiger partial charge in [0, 0.05) is 6.42 Å². The summed E-state index contributed by atoms with van der Waals surface area (Å²) < 4.78 is 4.61. The molecule has 8 atom stereocenters. The zero-order chi connectivity index (χ0) is 30.8. The molecule has 1 aromatic heterocycles. The zero-order valence-corrected chi connectivity index (χ0v) is 26.4. The van der Waals surface area contributed by atoms with E-state index in [9.17, 15) is 24.9 Å². The fourth-order valence-corrected chi connectivity index (χ4v) is 9.31. The molecule has 0 bridgehead atoms. The normalized spacial score (nSPS) is 33.1. The van der Waals surface area contributed by atoms with Gasteiger partial charge in [0.15, 0.2) is 0 Å². The van der Waals surface area contributed by atoms with Gasteiger partial charge >= 0.3 is 11.4 Å². The van der Waals surface area contributed by atoms with Crippen LogP contribution in [0.1, 0.15) is 104 Å². The second-order valence-corrected chi connectivity index (χ2v) is 14.8. The lowest BCUT2D eigenvalue weighted by atomic mass is 9.59. The summed E-state index contributed by atoms with van der Waals surface area (Å²) in [7, 11) is 0. The van der Waals surface area contributed by atoms with Gasteiger partial charge in [-0.3, -0.25) is 0 Å². The molecule has 43 heavy (non-hydrogen) atoms. The molecule has 8 nitrogen and oxygen atoms in total. The summed E-state index contributed by atoms with van der Waals surface area (Å²) in [5, 5.41) is 31.8. The number of aromatic nitrogens is 3. The third-order valence-corrected chi connectivity index (χ3v) is 11.5. The first-order valence-corrected chi connectivity index (χ1v) is 16.3. The highest BCUT2D eigenvalue weighted by molar-refractivity contribution is 5.37. The molecular weight excluding hydrogens is 542 g/mol. The Bertz CT molecular complexity index is 1540. The molecule has 3 N–H and O–H groups in total. The Balaban J connectivity index is 1.44. The summed E-state index contributed by atoms with van der Waals surface area (Å²) in [6.45, 7) is 10.5. The minimum absolute atomic E-state index is 0.0874. The molecule has 4 aliphatic rings. The van der Waals surface area contributed by atoms with Crippen LogP contribution in [-0.2, 0) is 0 Å². The maximum Gasteiger partial charge on any atom is 0.352 e. The number of aliphatic hydroxyl groups excluding tert-OH is 2. The van der Waals surface area contributed by atoms with Gasteiger partial charge in [0.2, 0.25) is 0 Å². The molecule has 2 fully saturated rings. The fourth-order valence-electron chi connectivity index (χ4n) is 9.31. The Morgan fingerprint density at radius 2 is 1.74 bits per heavy atom. The van der Waals surface area contributed by atoms with Crippen molar-refractivity contribution in [1.29, 1.82) is 0 Å². The van der Waals surface area contributed by atoms with E-state index >= 15 is 0 Å². The number of rotatable bonds is 7. The number of hydrogen-bond donors (Lipinski definition) is 3. The van der Waals surface area contributed by atoms with Crippen LogP contribution in [0.15, 0.2) is 62.7 Å². The van der Waals surface area contributed by atoms with Gasteiger partial charge in [0.05, 0.1) is 35.6 Å². The van der Waals surface area contributed by atoms with E-state index in [1.165, 1.54) is 10.1 Å². The van der Waals surface area contributed by atoms with Crippen molar-refractivity contribution >= 4 is 0 Å². The van der Waals surface area contributed by atoms with E-state index in [-0.39, 0.29) is 29.3 Å². The van der Waals surface area contributed by atoms with Crippen LogP contribution in [0.2, 0.25) is 0 Å². The van der Waals surface area contributed by atoms with Crippen molar-refractivity contribution in [1.82, 2.24) is 13.9 Å². The maximum atomic E-state index is 14.2. The zero-order valence-electron chi connectivity index (χ0n) is 26.4. The Morgan fingerprint density at radius 3 is 2.44 bits per heavy atom. The lowest BCUT2D eigenvalue weighted by Crippen LogP contribution is -2.46. The van der Waals surface area contributed by atoms with Crippen LogP contribution in [0.25, 0.3) is 5.69 Å². The van der Waals surface area contributed by atoms with Crippen molar-refractivity contribution in [3.8, 4) is 5.69 Å². The highest BCUT2D eigenvalue weighted by Crippen LogP contribution is 2.62. The summed E-state index contributed by atoms with van der Waals surface area (Å²) in [5.74, 6) is 1.38. The number of hydrogen-bond acceptors (Lipinski definition) is 5. The molecule has 2 saturated carbocycles. The van der Waals surface area contributed by atoms with Crippen LogP contribution in [0.5, 0.6) is 0 Å². The minimum Gasteiger partial charge on any atom is -0.393 e. The van der Waals surface area contributed by atoms with E-state index in [4.69, 9.17) is 0 Å². The molecule has 3 aliphatic carbocycles. The molecule has 2 aromatic rings. The van der Waals surface area contributed by atoms with Gasteiger partial charge in [-0.05, 0) is 111 Å². The quantitative estimate of drug-likeness (QED) is 0.390. The van der Waals surface area contributed by atoms with E-state index < -0.39 is 23.9 Å². The number of fused-ring (bicyclic) bond motifs is 5. The molecule has 0 saturated heterocycles. The van der Waals surface area contributed by atoms with Gasteiger partial charge in [-0.15, -0.1) is 0 Å². The van der Waals surface area contributed by atoms with Gasteiger partial charge in [-0.2, -0.15) is 0 Å². The van der Waals surface area contributed by atoms with Crippen molar-refractivity contribution in [2.75, 3.05) is 0 Å². The van der Waals surface area contributed by atoms with Crippen molar-refractivity contribution in [2.45, 2.75) is 122 Å². The highest BCUT2D eigenvalue weighted by atomic mass is 16.3. The second kappa shape index (κ2) is 11.0. The minimum atomic E-state index is -0.779. The number of aliphatic hydroxyl groups is 3. The van der Waals surface area contributed by atoms with E-state index in [0.29, 0.717) is 29.9 Å². The van der Waals surface area contributed by atoms with Crippen LogP contribution in [0.4, 0.5) is 0 Å². The second-order valence-electron chi connectivity index (χ2n) is 14.8. The number of benzene rings is 1. The number of para-hydroxylation sites is 1. The highest BCUT2D eigenvalue weighted by Gasteiger charge is 2.55. The number of allylic oxidation sites excluding steroid dienone is 2. The van der Waals surface area contributed by atoms with Crippen LogP contribution in [-0.4, -0.2) is 47.1 Å². The third-order valence-electron chi connectivity index (χ3n) is 11.5. The van der Waals surface area contributed by atoms with Gasteiger partial charge < -0.3 is 15.3 Å². The lowest BCUT2D eigenvalue weighted by Gasteiger charge is -2.49. The Hall–Kier alpha value is -2.68. The van der Waals surface area contributed by atoms with Crippen molar-refractivity contribution < 1.29 is 15.3 Å². The molecule has 1 aromatic carbocycles. The first kappa shape index (κ1) is 30.4. The van der Waals surface area contributed by atoms with E-state index in [1.807, 2.05) is 39.0 Å². The van der Waals surface area contributed by atoms with Gasteiger partial charge in [-0.25, -0.2) is 23.5 Å². The van der Waals surface area contributed by atoms with Crippen molar-refractivity contribution in [3.63, 3.8) is 0 Å². The van der Waals surface area contributed by atoms with Gasteiger partial charge in [-0.1, -0.05) is 51.0 Å². The lowest BCUT2D eigenvalue weighted by molar-refractivity contribution is 0.0538. The Morgan fingerprint density at radius 1 is 1.05 bits per heavy atom. The molecule has 6 rings (SSSR count). The first-order chi connectivity index (χ1) is 20.3. The Labute approximate surface area is 254 Å². The molecule has 0 spiro atoms. The predicted octanol–water partition coefficient (Wildman–Crippen LogP) is 5.06. The van der Waals surface area contributed by atoms with Crippen molar-refractivity contribution in [3.05, 3.63) is 74.1 Å². The smallest absolute Gasteiger partial charge is 0.352 e. The van der Waals surface area contributed by atoms with E-state index in [2.05, 4.69) is 19.9 Å². The molecule has 8 heteroatoms. The van der Waals surface area contributed by atoms with Crippen LogP contribution < -0.4 is 11.4 Å². The molecule has 234 valence electrons. The monoisotopic (exact) mass is 591 g/mol. The fraction of sp³-hybridized carbons (Fsp3) is 0.657. The molecular formula is C35H49N3O5. The molecule has 0 amide bonds. The standard InChI is InChI=1S/C35H49N3O5/c1-21(10-9-16-34(3,4)43)27-13-14-28-26-20-30(25-18-24(39)19-31(40)22(25)2)38-33(42)36(23-11-7-6-8-12-23)32(41)37(38)29(26)15-17-35(27,28)5/h6-8,11-12,20-21,24,27-31,39-40,43H,9-10,13-19H2,1-5H3/t21-,24-,27-,28+,29+,30-,31+,35-/m0/s1. The maximum absolute atomic E-state index is 14.2. The van der Waals surface area contributed by atoms with Crippen LogP contribution >= 0.6 is 0 Å². The summed E-state index contributed by atoms with van der Waals surface area (Å²) in [4.78, 5) is 28.4. The first-order valence-electron chi connectivity index (χ1n) is 16.3. The van der Waals surface area contributed by atoms with Crippen LogP contribution in [0, 0.1) is 23.2 Å². The van der Waals surface area contributed by atoms with E-state index in [0.717, 1.165) is 56.1 Å². The third kappa shape index (κ3) is 5.13. The topological polar surface area (TPSA) is 110 Å². The summed E-state index contributed by atoms with van der Waals surface area (Å²) in [5.41, 5.74) is 2.13. The molecule has 0 unspecified atom stereocenters. The van der Waals surface area contributed by atoms with E-state index in [1.54, 1.807) is 21.5 Å². The summed E-state index contributed by atoms with van der Waals surface area (Å²) in [6.07, 6.45) is 8.24. The largest absolute Gasteiger partial charge is 0.393 e. The van der Waals surface area contributed by atoms with Crippen LogP contribution in [0.3, 0.4) is 0 Å². The SMILES string of the molecule is CC1=C([C@@H]2C=C3[C@@H](CC[C@]4(C)[C@@H]3CC[C@H]4[C@@H](C)CCCC(C)(C)O)n3c(=O)n(-c4ccccc4)c(=O)n32)C[C@H](O)C[C@H]1O. The predicted molar refractivity (Wildman–Crippen MR) is 167 cm³/mol. The average Bonchev–Trinajstić information content (AvgIpc) is 3.43. The van der Waals surface area contributed by atoms with Gasteiger partial charge in [0.1, 0.15) is 0 Å². The number of nitrogens with zero attached hydrogens (tertiary/aromatic N) is 3.